The molecule has 2 heterocycles. The molecular formula is C16H15Cl2N3S2. The molecule has 2 aromatic heterocycles. The van der Waals surface area contributed by atoms with E-state index >= 15 is 0 Å². The summed E-state index contributed by atoms with van der Waals surface area (Å²) in [6.45, 7) is 5.01. The number of benzene rings is 1. The molecule has 23 heavy (non-hydrogen) atoms. The monoisotopic (exact) mass is 383 g/mol. The third kappa shape index (κ3) is 3.58. The second-order valence-electron chi connectivity index (χ2n) is 4.95. The topological polar surface area (TPSA) is 30.7 Å². The summed E-state index contributed by atoms with van der Waals surface area (Å²) in [6, 6.07) is 9.76. The first-order valence-electron chi connectivity index (χ1n) is 7.16. The number of aryl methyl sites for hydroxylation is 1. The van der Waals surface area contributed by atoms with Crippen molar-refractivity contribution in [1.29, 1.82) is 0 Å². The minimum atomic E-state index is 0.667. The molecule has 120 valence electrons. The molecule has 3 rings (SSSR count). The zero-order chi connectivity index (χ0) is 16.4. The van der Waals surface area contributed by atoms with Gasteiger partial charge in [-0.05, 0) is 43.7 Å². The molecule has 3 nitrogen and oxygen atoms in total. The van der Waals surface area contributed by atoms with Gasteiger partial charge in [-0.2, -0.15) is 0 Å². The summed E-state index contributed by atoms with van der Waals surface area (Å²) in [5, 5.41) is 11.0. The van der Waals surface area contributed by atoms with Crippen LogP contribution >= 0.6 is 46.3 Å². The van der Waals surface area contributed by atoms with Crippen molar-refractivity contribution in [2.75, 3.05) is 0 Å². The largest absolute Gasteiger partial charge is 0.302 e. The third-order valence-electron chi connectivity index (χ3n) is 3.40. The molecular weight excluding hydrogens is 369 g/mol. The Kier molecular flexibility index (Phi) is 5.31. The minimum absolute atomic E-state index is 0.667. The van der Waals surface area contributed by atoms with Crippen LogP contribution in [0.1, 0.15) is 17.4 Å². The van der Waals surface area contributed by atoms with Crippen LogP contribution in [0.3, 0.4) is 0 Å². The van der Waals surface area contributed by atoms with Crippen LogP contribution in [0.5, 0.6) is 0 Å². The normalized spacial score (nSPS) is 11.1. The Morgan fingerprint density at radius 3 is 2.48 bits per heavy atom. The van der Waals surface area contributed by atoms with E-state index < -0.39 is 0 Å². The predicted molar refractivity (Wildman–Crippen MR) is 99.8 cm³/mol. The molecule has 0 N–H and O–H groups in total. The Morgan fingerprint density at radius 1 is 1.13 bits per heavy atom. The van der Waals surface area contributed by atoms with E-state index in [1.807, 2.05) is 18.2 Å². The average Bonchev–Trinajstić information content (AvgIpc) is 3.12. The Morgan fingerprint density at radius 2 is 1.87 bits per heavy atom. The van der Waals surface area contributed by atoms with Crippen molar-refractivity contribution in [2.45, 2.75) is 31.3 Å². The van der Waals surface area contributed by atoms with Crippen molar-refractivity contribution in [1.82, 2.24) is 14.8 Å². The zero-order valence-electron chi connectivity index (χ0n) is 12.7. The lowest BCUT2D eigenvalue weighted by molar-refractivity contribution is 0.688. The SMILES string of the molecule is CCn1c(SCc2c(Cl)cccc2Cl)nnc1-c1ccc(C)s1. The van der Waals surface area contributed by atoms with Crippen molar-refractivity contribution >= 4 is 46.3 Å². The first-order chi connectivity index (χ1) is 11.1. The summed E-state index contributed by atoms with van der Waals surface area (Å²) in [5.41, 5.74) is 0.931. The molecule has 0 aliphatic carbocycles. The second kappa shape index (κ2) is 7.26. The molecule has 0 saturated carbocycles. The third-order valence-corrected chi connectivity index (χ3v) is 6.10. The van der Waals surface area contributed by atoms with Crippen LogP contribution in [0.2, 0.25) is 10.0 Å². The summed E-state index contributed by atoms with van der Waals surface area (Å²) in [7, 11) is 0. The van der Waals surface area contributed by atoms with Gasteiger partial charge in [0.2, 0.25) is 0 Å². The number of aromatic nitrogens is 3. The van der Waals surface area contributed by atoms with Crippen molar-refractivity contribution in [2.24, 2.45) is 0 Å². The Bertz CT molecular complexity index is 806. The van der Waals surface area contributed by atoms with Crippen LogP contribution < -0.4 is 0 Å². The quantitative estimate of drug-likeness (QED) is 0.511. The predicted octanol–water partition coefficient (Wildman–Crippen LogP) is 5.93. The molecule has 0 spiro atoms. The van der Waals surface area contributed by atoms with E-state index in [0.717, 1.165) is 28.0 Å². The maximum Gasteiger partial charge on any atom is 0.191 e. The molecule has 0 amide bonds. The van der Waals surface area contributed by atoms with E-state index in [0.29, 0.717) is 15.8 Å². The first-order valence-corrected chi connectivity index (χ1v) is 9.71. The van der Waals surface area contributed by atoms with Crippen molar-refractivity contribution in [3.63, 3.8) is 0 Å². The first kappa shape index (κ1) is 16.8. The van der Waals surface area contributed by atoms with E-state index in [1.165, 1.54) is 4.88 Å². The fraction of sp³-hybridized carbons (Fsp3) is 0.250. The van der Waals surface area contributed by atoms with Gasteiger partial charge in [0.05, 0.1) is 4.88 Å². The van der Waals surface area contributed by atoms with Crippen molar-refractivity contribution in [3.05, 3.63) is 50.8 Å². The van der Waals surface area contributed by atoms with Gasteiger partial charge in [0.15, 0.2) is 11.0 Å². The maximum absolute atomic E-state index is 6.23. The fourth-order valence-electron chi connectivity index (χ4n) is 2.22. The zero-order valence-corrected chi connectivity index (χ0v) is 15.9. The second-order valence-corrected chi connectivity index (χ2v) is 7.99. The summed E-state index contributed by atoms with van der Waals surface area (Å²) < 4.78 is 2.13. The van der Waals surface area contributed by atoms with Crippen LogP contribution in [-0.2, 0) is 12.3 Å². The van der Waals surface area contributed by atoms with E-state index in [9.17, 15) is 0 Å². The Balaban J connectivity index is 1.85. The van der Waals surface area contributed by atoms with Crippen LogP contribution in [-0.4, -0.2) is 14.8 Å². The number of rotatable bonds is 5. The van der Waals surface area contributed by atoms with Crippen LogP contribution in [0.15, 0.2) is 35.5 Å². The highest BCUT2D eigenvalue weighted by atomic mass is 35.5. The van der Waals surface area contributed by atoms with E-state index in [4.69, 9.17) is 23.2 Å². The van der Waals surface area contributed by atoms with Gasteiger partial charge in [-0.25, -0.2) is 0 Å². The van der Waals surface area contributed by atoms with Crippen molar-refractivity contribution in [3.8, 4) is 10.7 Å². The Labute approximate surface area is 153 Å². The molecule has 0 bridgehead atoms. The van der Waals surface area contributed by atoms with Crippen molar-refractivity contribution < 1.29 is 0 Å². The lowest BCUT2D eigenvalue weighted by Crippen LogP contribution is -1.99. The van der Waals surface area contributed by atoms with Gasteiger partial charge >= 0.3 is 0 Å². The lowest BCUT2D eigenvalue weighted by Gasteiger charge is -2.08. The molecule has 0 aliphatic heterocycles. The summed E-state index contributed by atoms with van der Waals surface area (Å²) >= 11 is 15.8. The molecule has 0 atom stereocenters. The number of hydrogen-bond acceptors (Lipinski definition) is 4. The average molecular weight is 384 g/mol. The fourth-order valence-corrected chi connectivity index (χ4v) is 4.83. The van der Waals surface area contributed by atoms with Gasteiger partial charge in [0, 0.05) is 27.2 Å². The van der Waals surface area contributed by atoms with Gasteiger partial charge in [-0.3, -0.25) is 0 Å². The summed E-state index contributed by atoms with van der Waals surface area (Å²) in [6.07, 6.45) is 0. The smallest absolute Gasteiger partial charge is 0.191 e. The van der Waals surface area contributed by atoms with Crippen LogP contribution in [0.4, 0.5) is 0 Å². The van der Waals surface area contributed by atoms with E-state index in [1.54, 1.807) is 23.1 Å². The molecule has 0 radical (unpaired) electrons. The van der Waals surface area contributed by atoms with Crippen LogP contribution in [0, 0.1) is 6.92 Å². The Hall–Kier alpha value is -1.01. The standard InChI is InChI=1S/C16H15Cl2N3S2/c1-3-21-15(14-8-7-10(2)23-14)19-20-16(21)22-9-11-12(17)5-4-6-13(11)18/h4-8H,3,9H2,1-2H3. The molecule has 7 heteroatoms. The minimum Gasteiger partial charge on any atom is -0.302 e. The molecule has 0 fully saturated rings. The number of thiophene rings is 1. The highest BCUT2D eigenvalue weighted by Gasteiger charge is 2.15. The van der Waals surface area contributed by atoms with E-state index in [2.05, 4.69) is 40.7 Å². The number of halogens is 2. The molecule has 0 saturated heterocycles. The van der Waals surface area contributed by atoms with Gasteiger partial charge in [0.1, 0.15) is 0 Å². The maximum atomic E-state index is 6.23. The highest BCUT2D eigenvalue weighted by Crippen LogP contribution is 2.33. The number of nitrogens with zero attached hydrogens (tertiary/aromatic N) is 3. The highest BCUT2D eigenvalue weighted by molar-refractivity contribution is 7.98. The molecule has 0 aliphatic rings. The number of hydrogen-bond donors (Lipinski definition) is 0. The molecule has 1 aromatic carbocycles. The lowest BCUT2D eigenvalue weighted by atomic mass is 10.2. The molecule has 3 aromatic rings. The molecule has 0 unspecified atom stereocenters. The van der Waals surface area contributed by atoms with Gasteiger partial charge in [-0.15, -0.1) is 21.5 Å². The van der Waals surface area contributed by atoms with Gasteiger partial charge < -0.3 is 4.57 Å². The van der Waals surface area contributed by atoms with Gasteiger partial charge in [0.25, 0.3) is 0 Å². The van der Waals surface area contributed by atoms with Gasteiger partial charge in [-0.1, -0.05) is 41.0 Å². The van der Waals surface area contributed by atoms with E-state index in [-0.39, 0.29) is 0 Å². The summed E-state index contributed by atoms with van der Waals surface area (Å²) in [4.78, 5) is 2.40. The summed E-state index contributed by atoms with van der Waals surface area (Å²) in [5.74, 6) is 1.58. The number of thioether (sulfide) groups is 1. The van der Waals surface area contributed by atoms with Crippen LogP contribution in [0.25, 0.3) is 10.7 Å².